The molecule has 9 heteroatoms. The number of hydrogen-bond donors (Lipinski definition) is 2. The topological polar surface area (TPSA) is 101 Å². The Labute approximate surface area is 107 Å². The zero-order valence-electron chi connectivity index (χ0n) is 9.19. The smallest absolute Gasteiger partial charge is 0.345 e. The summed E-state index contributed by atoms with van der Waals surface area (Å²) in [5, 5.41) is 12.6. The summed E-state index contributed by atoms with van der Waals surface area (Å²) in [6.45, 7) is 0. The second-order valence-electron chi connectivity index (χ2n) is 3.37. The average molecular weight is 287 g/mol. The maximum atomic E-state index is 12.0. The summed E-state index contributed by atoms with van der Waals surface area (Å²) in [7, 11) is -2.18. The van der Waals surface area contributed by atoms with Gasteiger partial charge in [0.05, 0.1) is 6.20 Å². The summed E-state index contributed by atoms with van der Waals surface area (Å²) in [5.41, 5.74) is 0. The van der Waals surface area contributed by atoms with E-state index in [1.165, 1.54) is 29.1 Å². The Morgan fingerprint density at radius 3 is 2.67 bits per heavy atom. The van der Waals surface area contributed by atoms with Gasteiger partial charge in [0.1, 0.15) is 14.9 Å². The zero-order valence-corrected chi connectivity index (χ0v) is 10.8. The molecule has 0 bridgehead atoms. The van der Waals surface area contributed by atoms with Crippen molar-refractivity contribution in [1.82, 2.24) is 9.78 Å². The van der Waals surface area contributed by atoms with Crippen molar-refractivity contribution in [2.75, 3.05) is 4.72 Å². The molecule has 2 heterocycles. The minimum absolute atomic E-state index is 0.0274. The van der Waals surface area contributed by atoms with Crippen LogP contribution in [0.4, 0.5) is 5.82 Å². The van der Waals surface area contributed by atoms with E-state index in [0.717, 1.165) is 0 Å². The second kappa shape index (κ2) is 4.42. The molecule has 0 saturated carbocycles. The zero-order chi connectivity index (χ0) is 13.3. The van der Waals surface area contributed by atoms with Crippen molar-refractivity contribution in [3.63, 3.8) is 0 Å². The average Bonchev–Trinajstić information content (AvgIpc) is 2.88. The van der Waals surface area contributed by atoms with Crippen LogP contribution in [-0.2, 0) is 17.1 Å². The Morgan fingerprint density at radius 1 is 1.44 bits per heavy atom. The van der Waals surface area contributed by atoms with Gasteiger partial charge < -0.3 is 5.11 Å². The molecule has 0 aliphatic carbocycles. The van der Waals surface area contributed by atoms with Gasteiger partial charge in [0, 0.05) is 13.1 Å². The van der Waals surface area contributed by atoms with Gasteiger partial charge in [-0.25, -0.2) is 13.2 Å². The molecule has 7 nitrogen and oxygen atoms in total. The lowest BCUT2D eigenvalue weighted by atomic mass is 10.5. The SMILES string of the molecule is Cn1nccc1NS(=O)(=O)c1ccc(C(=O)O)s1. The number of anilines is 1. The van der Waals surface area contributed by atoms with Crippen LogP contribution in [0.15, 0.2) is 28.6 Å². The number of thiophene rings is 1. The number of hydrogen-bond acceptors (Lipinski definition) is 5. The van der Waals surface area contributed by atoms with Crippen LogP contribution in [0.25, 0.3) is 0 Å². The lowest BCUT2D eigenvalue weighted by Crippen LogP contribution is -2.14. The summed E-state index contributed by atoms with van der Waals surface area (Å²) in [4.78, 5) is 10.7. The van der Waals surface area contributed by atoms with Crippen molar-refractivity contribution in [2.45, 2.75) is 4.21 Å². The number of carboxylic acids is 1. The minimum atomic E-state index is -3.77. The fourth-order valence-electron chi connectivity index (χ4n) is 1.24. The van der Waals surface area contributed by atoms with Gasteiger partial charge in [-0.1, -0.05) is 0 Å². The van der Waals surface area contributed by atoms with Crippen LogP contribution in [0, 0.1) is 0 Å². The molecule has 2 aromatic heterocycles. The molecular weight excluding hydrogens is 278 g/mol. The normalized spacial score (nSPS) is 11.4. The molecule has 0 aliphatic rings. The third kappa shape index (κ3) is 2.36. The first-order chi connectivity index (χ1) is 8.40. The van der Waals surface area contributed by atoms with E-state index >= 15 is 0 Å². The Kier molecular flexibility index (Phi) is 3.09. The highest BCUT2D eigenvalue weighted by Gasteiger charge is 2.20. The van der Waals surface area contributed by atoms with Crippen LogP contribution in [0.1, 0.15) is 9.67 Å². The van der Waals surface area contributed by atoms with Gasteiger partial charge in [0.25, 0.3) is 10.0 Å². The van der Waals surface area contributed by atoms with Crippen LogP contribution in [0.2, 0.25) is 0 Å². The Hall–Kier alpha value is -1.87. The van der Waals surface area contributed by atoms with Crippen LogP contribution >= 0.6 is 11.3 Å². The lowest BCUT2D eigenvalue weighted by Gasteiger charge is -2.05. The quantitative estimate of drug-likeness (QED) is 0.873. The molecule has 2 N–H and O–H groups in total. The summed E-state index contributed by atoms with van der Waals surface area (Å²) >= 11 is 0.696. The number of carbonyl (C=O) groups is 1. The second-order valence-corrected chi connectivity index (χ2v) is 6.36. The third-order valence-electron chi connectivity index (χ3n) is 2.12. The largest absolute Gasteiger partial charge is 0.477 e. The monoisotopic (exact) mass is 287 g/mol. The fraction of sp³-hybridized carbons (Fsp3) is 0.111. The number of carboxylic acid groups (broad SMARTS) is 1. The maximum Gasteiger partial charge on any atom is 0.345 e. The number of sulfonamides is 1. The highest BCUT2D eigenvalue weighted by Crippen LogP contribution is 2.23. The Bertz CT molecular complexity index is 686. The fourth-order valence-corrected chi connectivity index (χ4v) is 3.47. The van der Waals surface area contributed by atoms with Crippen molar-refractivity contribution in [3.8, 4) is 0 Å². The van der Waals surface area contributed by atoms with Crippen molar-refractivity contribution in [2.24, 2.45) is 7.05 Å². The Morgan fingerprint density at radius 2 is 2.17 bits per heavy atom. The van der Waals surface area contributed by atoms with Crippen LogP contribution in [0.3, 0.4) is 0 Å². The highest BCUT2D eigenvalue weighted by atomic mass is 32.2. The molecule has 18 heavy (non-hydrogen) atoms. The molecule has 0 spiro atoms. The van der Waals surface area contributed by atoms with E-state index in [2.05, 4.69) is 9.82 Å². The molecule has 96 valence electrons. The molecule has 0 saturated heterocycles. The van der Waals surface area contributed by atoms with E-state index in [9.17, 15) is 13.2 Å². The standard InChI is InChI=1S/C9H9N3O4S2/c1-12-7(4-5-10-12)11-18(15,16)8-3-2-6(17-8)9(13)14/h2-5,11H,1H3,(H,13,14). The molecule has 0 unspecified atom stereocenters. The van der Waals surface area contributed by atoms with Gasteiger partial charge >= 0.3 is 5.97 Å². The van der Waals surface area contributed by atoms with Crippen LogP contribution in [0.5, 0.6) is 0 Å². The van der Waals surface area contributed by atoms with E-state index < -0.39 is 16.0 Å². The summed E-state index contributed by atoms with van der Waals surface area (Å²) in [6, 6.07) is 4.01. The lowest BCUT2D eigenvalue weighted by molar-refractivity contribution is 0.0702. The number of nitrogens with one attached hydrogen (secondary N) is 1. The van der Waals surface area contributed by atoms with E-state index in [0.29, 0.717) is 17.2 Å². The molecule has 0 atom stereocenters. The number of aromatic carboxylic acids is 1. The van der Waals surface area contributed by atoms with Crippen molar-refractivity contribution in [3.05, 3.63) is 29.3 Å². The molecule has 2 aromatic rings. The predicted molar refractivity (Wildman–Crippen MR) is 65.3 cm³/mol. The summed E-state index contributed by atoms with van der Waals surface area (Å²) < 4.78 is 27.5. The van der Waals surface area contributed by atoms with Gasteiger partial charge in [-0.05, 0) is 12.1 Å². The molecule has 2 rings (SSSR count). The molecule has 0 radical (unpaired) electrons. The summed E-state index contributed by atoms with van der Waals surface area (Å²) in [5.74, 6) is -0.845. The van der Waals surface area contributed by atoms with Crippen molar-refractivity contribution in [1.29, 1.82) is 0 Å². The van der Waals surface area contributed by atoms with E-state index in [4.69, 9.17) is 5.11 Å². The molecular formula is C9H9N3O4S2. The Balaban J connectivity index is 2.31. The predicted octanol–water partition coefficient (Wildman–Crippen LogP) is 0.981. The number of rotatable bonds is 4. The first kappa shape index (κ1) is 12.6. The van der Waals surface area contributed by atoms with E-state index in [1.807, 2.05) is 0 Å². The molecule has 0 amide bonds. The summed E-state index contributed by atoms with van der Waals surface area (Å²) in [6.07, 6.45) is 1.45. The molecule has 0 aliphatic heterocycles. The van der Waals surface area contributed by atoms with Crippen LogP contribution in [-0.4, -0.2) is 29.3 Å². The van der Waals surface area contributed by atoms with Crippen molar-refractivity contribution >= 4 is 33.1 Å². The van der Waals surface area contributed by atoms with Crippen molar-refractivity contribution < 1.29 is 18.3 Å². The molecule has 0 aromatic carbocycles. The highest BCUT2D eigenvalue weighted by molar-refractivity contribution is 7.94. The molecule has 0 fully saturated rings. The number of aryl methyl sites for hydroxylation is 1. The van der Waals surface area contributed by atoms with Crippen LogP contribution < -0.4 is 4.72 Å². The first-order valence-electron chi connectivity index (χ1n) is 4.74. The first-order valence-corrected chi connectivity index (χ1v) is 7.04. The third-order valence-corrected chi connectivity index (χ3v) is 5.04. The van der Waals surface area contributed by atoms with Gasteiger partial charge in [0.2, 0.25) is 0 Å². The number of nitrogens with zero attached hydrogens (tertiary/aromatic N) is 2. The number of aromatic nitrogens is 2. The van der Waals surface area contributed by atoms with Gasteiger partial charge in [-0.3, -0.25) is 9.40 Å². The maximum absolute atomic E-state index is 12.0. The van der Waals surface area contributed by atoms with E-state index in [-0.39, 0.29) is 9.09 Å². The minimum Gasteiger partial charge on any atom is -0.477 e. The van der Waals surface area contributed by atoms with Gasteiger partial charge in [-0.2, -0.15) is 5.10 Å². The van der Waals surface area contributed by atoms with E-state index in [1.54, 1.807) is 7.05 Å². The van der Waals surface area contributed by atoms with Gasteiger partial charge in [-0.15, -0.1) is 11.3 Å². The van der Waals surface area contributed by atoms with Gasteiger partial charge in [0.15, 0.2) is 0 Å².